The second-order valence-corrected chi connectivity index (χ2v) is 16.9. The number of ether oxygens (including phenoxy) is 1. The first kappa shape index (κ1) is 38.1. The minimum absolute atomic E-state index is 0.0228. The van der Waals surface area contributed by atoms with E-state index in [1.165, 1.54) is 6.33 Å². The third kappa shape index (κ3) is 7.54. The zero-order valence-corrected chi connectivity index (χ0v) is 32.8. The van der Waals surface area contributed by atoms with Crippen LogP contribution in [-0.2, 0) is 19.4 Å². The van der Waals surface area contributed by atoms with Crippen LogP contribution in [0.4, 0.5) is 5.82 Å². The molecule has 8 rings (SSSR count). The number of carbonyl (C=O) groups is 1. The number of likely N-dealkylation sites (N-methyl/N-ethyl adjacent to an activating group) is 1. The van der Waals surface area contributed by atoms with E-state index in [0.717, 1.165) is 36.3 Å². The number of amides is 1. The third-order valence-corrected chi connectivity index (χ3v) is 13.2. The molecule has 0 spiro atoms. The zero-order chi connectivity index (χ0) is 38.5. The van der Waals surface area contributed by atoms with Gasteiger partial charge >= 0.3 is 6.87 Å². The van der Waals surface area contributed by atoms with Gasteiger partial charge in [0.2, 0.25) is 0 Å². The molecule has 2 fully saturated rings. The van der Waals surface area contributed by atoms with Crippen LogP contribution >= 0.6 is 18.1 Å². The van der Waals surface area contributed by atoms with Crippen LogP contribution in [0, 0.1) is 0 Å². The number of nitrogens with zero attached hydrogens (tertiary/aromatic N) is 7. The van der Waals surface area contributed by atoms with Gasteiger partial charge in [0.05, 0.1) is 31.2 Å². The van der Waals surface area contributed by atoms with E-state index in [0.29, 0.717) is 42.2 Å². The summed E-state index contributed by atoms with van der Waals surface area (Å²) in [6.45, 7) is 2.69. The van der Waals surface area contributed by atoms with Crippen LogP contribution < -0.4 is 5.32 Å². The zero-order valence-electron chi connectivity index (χ0n) is 31.1. The van der Waals surface area contributed by atoms with Crippen molar-refractivity contribution in [3.63, 3.8) is 0 Å². The molecule has 56 heavy (non-hydrogen) atoms. The van der Waals surface area contributed by atoms with E-state index >= 15 is 0 Å². The van der Waals surface area contributed by atoms with E-state index in [9.17, 15) is 9.36 Å². The van der Waals surface area contributed by atoms with Crippen molar-refractivity contribution in [3.8, 4) is 0 Å². The summed E-state index contributed by atoms with van der Waals surface area (Å²) < 4.78 is 30.4. The molecule has 3 atom stereocenters. The van der Waals surface area contributed by atoms with Crippen molar-refractivity contribution >= 4 is 41.0 Å². The highest BCUT2D eigenvalue weighted by molar-refractivity contribution is 7.83. The molecule has 2 aliphatic rings. The third-order valence-electron chi connectivity index (χ3n) is 10.7. The molecule has 2 aromatic heterocycles. The highest BCUT2D eigenvalue weighted by atomic mass is 35.7. The summed E-state index contributed by atoms with van der Waals surface area (Å²) in [7, 11) is 0. The number of piperazine rings is 1. The van der Waals surface area contributed by atoms with Gasteiger partial charge in [0.15, 0.2) is 17.0 Å². The van der Waals surface area contributed by atoms with Crippen LogP contribution in [0.5, 0.6) is 0 Å². The average Bonchev–Trinajstić information content (AvgIpc) is 3.70. The molecule has 0 saturated carbocycles. The number of benzene rings is 4. The maximum Gasteiger partial charge on any atom is 0.363 e. The van der Waals surface area contributed by atoms with Gasteiger partial charge in [-0.2, -0.15) is 0 Å². The van der Waals surface area contributed by atoms with Gasteiger partial charge in [0, 0.05) is 38.3 Å². The van der Waals surface area contributed by atoms with Crippen molar-refractivity contribution in [3.05, 3.63) is 156 Å². The van der Waals surface area contributed by atoms with Crippen LogP contribution in [0.15, 0.2) is 134 Å². The number of carbonyl (C=O) groups excluding carboxylic acids is 1. The first-order valence-corrected chi connectivity index (χ1v) is 21.4. The first-order chi connectivity index (χ1) is 27.4. The van der Waals surface area contributed by atoms with Gasteiger partial charge in [-0.15, -0.1) is 0 Å². The van der Waals surface area contributed by atoms with Gasteiger partial charge in [-0.1, -0.05) is 116 Å². The largest absolute Gasteiger partial charge is 0.371 e. The Morgan fingerprint density at radius 2 is 1.41 bits per heavy atom. The van der Waals surface area contributed by atoms with Gasteiger partial charge in [0.25, 0.3) is 5.91 Å². The molecular weight excluding hydrogens is 747 g/mol. The minimum atomic E-state index is -3.63. The van der Waals surface area contributed by atoms with Crippen LogP contribution in [0.1, 0.15) is 40.1 Å². The molecule has 0 aliphatic carbocycles. The number of halogens is 1. The molecule has 14 heteroatoms. The van der Waals surface area contributed by atoms with Gasteiger partial charge in [-0.25, -0.2) is 19.6 Å². The van der Waals surface area contributed by atoms with Crippen molar-refractivity contribution in [1.29, 1.82) is 0 Å². The van der Waals surface area contributed by atoms with Crippen LogP contribution in [0.25, 0.3) is 11.2 Å². The van der Waals surface area contributed by atoms with Crippen molar-refractivity contribution < 1.29 is 18.6 Å². The number of fused-ring (bicyclic) bond motifs is 1. The Bertz CT molecular complexity index is 2180. The Balaban J connectivity index is 1.22. The molecule has 1 N–H and O–H groups in total. The highest BCUT2D eigenvalue weighted by Gasteiger charge is 2.49. The SMILES string of the molecule is CCN1CCN(P(=O)(Cl)OC[C@@H]2CN(C(c3ccccc3)(c3ccccc3)c3ccccc3)[C@H](n3cnc4c(NC(=O)c5ccccc5)ncnc43)CO2)CC1. The Labute approximate surface area is 331 Å². The van der Waals surface area contributed by atoms with Gasteiger partial charge in [-0.3, -0.25) is 18.8 Å². The molecule has 0 bridgehead atoms. The maximum atomic E-state index is 13.9. The summed E-state index contributed by atoms with van der Waals surface area (Å²) in [5, 5.41) is 2.93. The van der Waals surface area contributed by atoms with Crippen LogP contribution in [0.3, 0.4) is 0 Å². The smallest absolute Gasteiger partial charge is 0.363 e. The topological polar surface area (TPSA) is 118 Å². The van der Waals surface area contributed by atoms with Gasteiger partial charge in [-0.05, 0) is 46.6 Å². The summed E-state index contributed by atoms with van der Waals surface area (Å²) in [4.78, 5) is 31.8. The number of hydrogen-bond donors (Lipinski definition) is 1. The van der Waals surface area contributed by atoms with Crippen LogP contribution in [0.2, 0.25) is 0 Å². The van der Waals surface area contributed by atoms with E-state index in [1.54, 1.807) is 23.1 Å². The molecule has 2 aliphatic heterocycles. The number of imidazole rings is 1. The summed E-state index contributed by atoms with van der Waals surface area (Å²) in [5.74, 6) is 0.000857. The second kappa shape index (κ2) is 16.8. The molecule has 2 saturated heterocycles. The quantitative estimate of drug-likeness (QED) is 0.100. The van der Waals surface area contributed by atoms with Gasteiger partial charge in [0.1, 0.15) is 12.5 Å². The predicted octanol–water partition coefficient (Wildman–Crippen LogP) is 7.27. The molecule has 288 valence electrons. The maximum absolute atomic E-state index is 13.9. The second-order valence-electron chi connectivity index (χ2n) is 13.9. The number of aromatic nitrogens is 4. The Kier molecular flexibility index (Phi) is 11.4. The summed E-state index contributed by atoms with van der Waals surface area (Å²) in [6, 6.07) is 40.2. The van der Waals surface area contributed by atoms with Crippen molar-refractivity contribution in [2.24, 2.45) is 0 Å². The average molecular weight is 791 g/mol. The Morgan fingerprint density at radius 1 is 0.839 bits per heavy atom. The Morgan fingerprint density at radius 3 is 1.98 bits per heavy atom. The van der Waals surface area contributed by atoms with E-state index in [4.69, 9.17) is 30.5 Å². The van der Waals surface area contributed by atoms with Gasteiger partial charge < -0.3 is 19.5 Å². The van der Waals surface area contributed by atoms with E-state index in [-0.39, 0.29) is 19.1 Å². The van der Waals surface area contributed by atoms with E-state index in [1.807, 2.05) is 41.0 Å². The van der Waals surface area contributed by atoms with Crippen molar-refractivity contribution in [2.45, 2.75) is 24.7 Å². The summed E-state index contributed by atoms with van der Waals surface area (Å²) >= 11 is 6.72. The number of morpholine rings is 1. The molecule has 0 radical (unpaired) electrons. The highest BCUT2D eigenvalue weighted by Crippen LogP contribution is 2.56. The molecule has 1 unspecified atom stereocenters. The molecule has 12 nitrogen and oxygen atoms in total. The van der Waals surface area contributed by atoms with E-state index in [2.05, 4.69) is 99.8 Å². The lowest BCUT2D eigenvalue weighted by Crippen LogP contribution is -2.58. The normalized spacial score (nSPS) is 19.8. The summed E-state index contributed by atoms with van der Waals surface area (Å²) in [6.07, 6.45) is 2.18. The fourth-order valence-corrected chi connectivity index (χ4v) is 9.71. The van der Waals surface area contributed by atoms with Crippen molar-refractivity contribution in [1.82, 2.24) is 34.0 Å². The molecule has 4 aromatic carbocycles. The van der Waals surface area contributed by atoms with E-state index < -0.39 is 24.7 Å². The number of hydrogen-bond acceptors (Lipinski definition) is 9. The van der Waals surface area contributed by atoms with Crippen molar-refractivity contribution in [2.75, 3.05) is 57.8 Å². The van der Waals surface area contributed by atoms with Crippen LogP contribution in [-0.4, -0.2) is 98.5 Å². The Hall–Kier alpha value is -4.78. The molecule has 6 aromatic rings. The fourth-order valence-electron chi connectivity index (χ4n) is 7.91. The molecule has 4 heterocycles. The lowest BCUT2D eigenvalue weighted by molar-refractivity contribution is -0.124. The lowest BCUT2D eigenvalue weighted by Gasteiger charge is -2.52. The standard InChI is InChI=1S/C42H44ClN8O4P/c1-2-48-23-25-49(26-24-48)56(43,53)55-28-36-27-51(42(33-17-9-4-10-18-33,34-19-11-5-12-20-34)35-21-13-6-14-22-35)37(29-54-36)50-31-46-38-39(44-30-45-40(38)50)47-41(52)32-15-7-3-8-16-32/h3-22,30-31,36-37H,2,23-29H2,1H3,(H,44,45,47,52)/t36-,37-,56?/m0/s1. The summed E-state index contributed by atoms with van der Waals surface area (Å²) in [5.41, 5.74) is 3.71. The monoisotopic (exact) mass is 790 g/mol. The first-order valence-electron chi connectivity index (χ1n) is 18.9. The number of anilines is 1. The molecular formula is C42H44ClN8O4P. The fraction of sp³-hybridized carbons (Fsp3) is 0.286. The number of nitrogens with one attached hydrogen (secondary N) is 1. The minimum Gasteiger partial charge on any atom is -0.371 e. The predicted molar refractivity (Wildman–Crippen MR) is 218 cm³/mol. The number of rotatable bonds is 12. The molecule has 1 amide bonds. The lowest BCUT2D eigenvalue weighted by atomic mass is 9.74.